The summed E-state index contributed by atoms with van der Waals surface area (Å²) in [5.41, 5.74) is 2.67. The highest BCUT2D eigenvalue weighted by molar-refractivity contribution is 7.22. The number of thiophene rings is 1. The standard InChI is InChI=1S/C11H13N3S/c1-2-3-8-9-7-4-5-12-10(7)15-11(9)14-6-13-8/h6,12H,2-5H2,1H3. The van der Waals surface area contributed by atoms with E-state index in [0.29, 0.717) is 0 Å². The molecule has 2 aromatic heterocycles. The van der Waals surface area contributed by atoms with Crippen LogP contribution in [0, 0.1) is 0 Å². The minimum Gasteiger partial charge on any atom is -0.376 e. The number of anilines is 1. The molecule has 4 heteroatoms. The van der Waals surface area contributed by atoms with Crippen molar-refractivity contribution in [3.05, 3.63) is 17.6 Å². The molecule has 0 aliphatic carbocycles. The summed E-state index contributed by atoms with van der Waals surface area (Å²) >= 11 is 1.76. The van der Waals surface area contributed by atoms with Gasteiger partial charge in [0, 0.05) is 11.9 Å². The van der Waals surface area contributed by atoms with Gasteiger partial charge in [-0.2, -0.15) is 0 Å². The molecule has 15 heavy (non-hydrogen) atoms. The summed E-state index contributed by atoms with van der Waals surface area (Å²) in [6.07, 6.45) is 5.02. The maximum absolute atomic E-state index is 4.41. The van der Waals surface area contributed by atoms with E-state index < -0.39 is 0 Å². The van der Waals surface area contributed by atoms with Crippen molar-refractivity contribution < 1.29 is 0 Å². The molecular formula is C11H13N3S. The molecule has 3 nitrogen and oxygen atoms in total. The lowest BCUT2D eigenvalue weighted by Gasteiger charge is -2.00. The Morgan fingerprint density at radius 2 is 2.40 bits per heavy atom. The lowest BCUT2D eigenvalue weighted by atomic mass is 10.1. The zero-order valence-corrected chi connectivity index (χ0v) is 9.52. The highest BCUT2D eigenvalue weighted by Gasteiger charge is 2.20. The Labute approximate surface area is 92.6 Å². The molecular weight excluding hydrogens is 206 g/mol. The molecule has 3 heterocycles. The van der Waals surface area contributed by atoms with Crippen LogP contribution < -0.4 is 5.32 Å². The molecule has 1 aliphatic heterocycles. The molecule has 1 aliphatic rings. The van der Waals surface area contributed by atoms with Crippen LogP contribution in [0.2, 0.25) is 0 Å². The Morgan fingerprint density at radius 1 is 1.47 bits per heavy atom. The van der Waals surface area contributed by atoms with Crippen LogP contribution in [0.25, 0.3) is 10.2 Å². The van der Waals surface area contributed by atoms with Gasteiger partial charge in [-0.1, -0.05) is 24.7 Å². The van der Waals surface area contributed by atoms with Gasteiger partial charge in [-0.3, -0.25) is 0 Å². The minimum absolute atomic E-state index is 1.06. The number of aromatic nitrogens is 2. The van der Waals surface area contributed by atoms with E-state index in [-0.39, 0.29) is 0 Å². The molecule has 3 rings (SSSR count). The fraction of sp³-hybridized carbons (Fsp3) is 0.455. The molecule has 0 saturated heterocycles. The second-order valence-corrected chi connectivity index (χ2v) is 4.84. The van der Waals surface area contributed by atoms with Gasteiger partial charge in [-0.25, -0.2) is 9.97 Å². The summed E-state index contributed by atoms with van der Waals surface area (Å²) in [5.74, 6) is 0. The van der Waals surface area contributed by atoms with Gasteiger partial charge in [0.1, 0.15) is 11.2 Å². The van der Waals surface area contributed by atoms with Crippen LogP contribution >= 0.6 is 11.3 Å². The topological polar surface area (TPSA) is 37.8 Å². The number of fused-ring (bicyclic) bond motifs is 3. The number of aryl methyl sites for hydroxylation is 1. The monoisotopic (exact) mass is 219 g/mol. The number of hydrogen-bond acceptors (Lipinski definition) is 4. The predicted octanol–water partition coefficient (Wildman–Crippen LogP) is 2.61. The van der Waals surface area contributed by atoms with Gasteiger partial charge < -0.3 is 5.32 Å². The number of hydrogen-bond donors (Lipinski definition) is 1. The van der Waals surface area contributed by atoms with Crippen LogP contribution in [0.3, 0.4) is 0 Å². The van der Waals surface area contributed by atoms with E-state index in [0.717, 1.165) is 30.6 Å². The van der Waals surface area contributed by atoms with Crippen molar-refractivity contribution >= 4 is 26.6 Å². The second kappa shape index (κ2) is 3.45. The van der Waals surface area contributed by atoms with Crippen LogP contribution in [0.4, 0.5) is 5.00 Å². The number of nitrogens with one attached hydrogen (secondary N) is 1. The first-order chi connectivity index (χ1) is 7.40. The molecule has 0 saturated carbocycles. The van der Waals surface area contributed by atoms with E-state index in [2.05, 4.69) is 22.2 Å². The van der Waals surface area contributed by atoms with E-state index in [1.807, 2.05) is 0 Å². The molecule has 78 valence electrons. The third kappa shape index (κ3) is 1.32. The molecule has 0 amide bonds. The van der Waals surface area contributed by atoms with Gasteiger partial charge in [0.05, 0.1) is 10.7 Å². The molecule has 0 radical (unpaired) electrons. The highest BCUT2D eigenvalue weighted by atomic mass is 32.1. The Hall–Kier alpha value is -1.16. The zero-order chi connectivity index (χ0) is 10.3. The Kier molecular flexibility index (Phi) is 2.09. The highest BCUT2D eigenvalue weighted by Crippen LogP contribution is 2.39. The van der Waals surface area contributed by atoms with E-state index in [9.17, 15) is 0 Å². The molecule has 0 bridgehead atoms. The van der Waals surface area contributed by atoms with E-state index >= 15 is 0 Å². The summed E-state index contributed by atoms with van der Waals surface area (Å²) in [6, 6.07) is 0. The van der Waals surface area contributed by atoms with Crippen LogP contribution in [0.15, 0.2) is 6.33 Å². The molecule has 0 fully saturated rings. The van der Waals surface area contributed by atoms with Crippen molar-refractivity contribution in [1.29, 1.82) is 0 Å². The first-order valence-corrected chi connectivity index (χ1v) is 6.21. The third-order valence-corrected chi connectivity index (χ3v) is 3.91. The fourth-order valence-corrected chi connectivity index (χ4v) is 3.30. The zero-order valence-electron chi connectivity index (χ0n) is 8.71. The van der Waals surface area contributed by atoms with Crippen LogP contribution in [-0.2, 0) is 12.8 Å². The molecule has 0 unspecified atom stereocenters. The third-order valence-electron chi connectivity index (χ3n) is 2.81. The lowest BCUT2D eigenvalue weighted by molar-refractivity contribution is 0.885. The average Bonchev–Trinajstić information content (AvgIpc) is 2.77. The van der Waals surface area contributed by atoms with E-state index in [4.69, 9.17) is 0 Å². The summed E-state index contributed by atoms with van der Waals surface area (Å²) in [6.45, 7) is 3.26. The maximum Gasteiger partial charge on any atom is 0.129 e. The van der Waals surface area contributed by atoms with Gasteiger partial charge in [0.15, 0.2) is 0 Å². The molecule has 1 N–H and O–H groups in total. The summed E-state index contributed by atoms with van der Waals surface area (Å²) in [7, 11) is 0. The van der Waals surface area contributed by atoms with Crippen molar-refractivity contribution in [3.63, 3.8) is 0 Å². The quantitative estimate of drug-likeness (QED) is 0.843. The Morgan fingerprint density at radius 3 is 3.27 bits per heavy atom. The Balaban J connectivity index is 2.27. The van der Waals surface area contributed by atoms with E-state index in [1.165, 1.54) is 21.6 Å². The first kappa shape index (κ1) is 9.09. The first-order valence-electron chi connectivity index (χ1n) is 5.39. The number of rotatable bonds is 2. The SMILES string of the molecule is CCCc1ncnc2sc3c(c12)CCN3. The average molecular weight is 219 g/mol. The van der Waals surface area contributed by atoms with Crippen molar-refractivity contribution in [2.45, 2.75) is 26.2 Å². The van der Waals surface area contributed by atoms with Crippen molar-refractivity contribution in [3.8, 4) is 0 Å². The minimum atomic E-state index is 1.06. The van der Waals surface area contributed by atoms with Crippen molar-refractivity contribution in [2.24, 2.45) is 0 Å². The summed E-state index contributed by atoms with van der Waals surface area (Å²) < 4.78 is 0. The van der Waals surface area contributed by atoms with Gasteiger partial charge in [0.2, 0.25) is 0 Å². The van der Waals surface area contributed by atoms with E-state index in [1.54, 1.807) is 17.7 Å². The second-order valence-electron chi connectivity index (χ2n) is 3.84. The normalized spacial score (nSPS) is 14.2. The van der Waals surface area contributed by atoms with Crippen molar-refractivity contribution in [1.82, 2.24) is 9.97 Å². The molecule has 2 aromatic rings. The smallest absolute Gasteiger partial charge is 0.129 e. The lowest BCUT2D eigenvalue weighted by Crippen LogP contribution is -1.94. The molecule has 0 aromatic carbocycles. The van der Waals surface area contributed by atoms with Crippen LogP contribution in [0.5, 0.6) is 0 Å². The van der Waals surface area contributed by atoms with Crippen LogP contribution in [-0.4, -0.2) is 16.5 Å². The predicted molar refractivity (Wildman–Crippen MR) is 63.6 cm³/mol. The summed E-state index contributed by atoms with van der Waals surface area (Å²) in [4.78, 5) is 9.91. The maximum atomic E-state index is 4.41. The van der Waals surface area contributed by atoms with Crippen LogP contribution in [0.1, 0.15) is 24.6 Å². The van der Waals surface area contributed by atoms with Gasteiger partial charge in [-0.15, -0.1) is 0 Å². The van der Waals surface area contributed by atoms with Crippen molar-refractivity contribution in [2.75, 3.05) is 11.9 Å². The number of nitrogens with zero attached hydrogens (tertiary/aromatic N) is 2. The largest absolute Gasteiger partial charge is 0.376 e. The molecule has 0 atom stereocenters. The van der Waals surface area contributed by atoms with Gasteiger partial charge >= 0.3 is 0 Å². The van der Waals surface area contributed by atoms with Gasteiger partial charge in [-0.05, 0) is 18.4 Å². The molecule has 0 spiro atoms. The fourth-order valence-electron chi connectivity index (χ4n) is 2.16. The summed E-state index contributed by atoms with van der Waals surface area (Å²) in [5, 5.41) is 6.04. The Bertz CT molecular complexity index is 504. The van der Waals surface area contributed by atoms with Gasteiger partial charge in [0.25, 0.3) is 0 Å².